The first-order chi connectivity index (χ1) is 9.10. The van der Waals surface area contributed by atoms with Crippen molar-refractivity contribution in [3.05, 3.63) is 5.82 Å². The Morgan fingerprint density at radius 1 is 1.53 bits per heavy atom. The van der Waals surface area contributed by atoms with E-state index >= 15 is 0 Å². The van der Waals surface area contributed by atoms with Crippen molar-refractivity contribution in [2.24, 2.45) is 5.92 Å². The second-order valence-electron chi connectivity index (χ2n) is 5.46. The van der Waals surface area contributed by atoms with Crippen LogP contribution in [0.3, 0.4) is 0 Å². The topological polar surface area (TPSA) is 90.9 Å². The fourth-order valence-electron chi connectivity index (χ4n) is 2.31. The molecule has 0 radical (unpaired) electrons. The van der Waals surface area contributed by atoms with Gasteiger partial charge in [0.2, 0.25) is 5.16 Å². The third-order valence-corrected chi connectivity index (χ3v) is 4.74. The molecule has 2 fully saturated rings. The summed E-state index contributed by atoms with van der Waals surface area (Å²) in [5, 5.41) is 20.5. The van der Waals surface area contributed by atoms with Gasteiger partial charge in [-0.15, -0.1) is 5.10 Å². The van der Waals surface area contributed by atoms with Gasteiger partial charge in [0, 0.05) is 11.8 Å². The Kier molecular flexibility index (Phi) is 3.26. The van der Waals surface area contributed by atoms with E-state index in [0.717, 1.165) is 31.5 Å². The van der Waals surface area contributed by atoms with Crippen LogP contribution in [0.25, 0.3) is 0 Å². The van der Waals surface area contributed by atoms with E-state index in [9.17, 15) is 9.90 Å². The number of aryl methyl sites for hydroxylation is 1. The molecule has 3 N–H and O–H groups in total. The highest BCUT2D eigenvalue weighted by Gasteiger charge is 2.53. The van der Waals surface area contributed by atoms with Crippen molar-refractivity contribution in [1.82, 2.24) is 20.5 Å². The molecule has 0 amide bonds. The summed E-state index contributed by atoms with van der Waals surface area (Å²) < 4.78 is 0. The Balaban J connectivity index is 1.72. The first kappa shape index (κ1) is 12.9. The van der Waals surface area contributed by atoms with Crippen molar-refractivity contribution < 1.29 is 9.90 Å². The summed E-state index contributed by atoms with van der Waals surface area (Å²) in [6, 6.07) is 0.381. The molecule has 1 atom stereocenters. The molecule has 3 rings (SSSR count). The molecule has 19 heavy (non-hydrogen) atoms. The zero-order valence-electron chi connectivity index (χ0n) is 10.8. The Morgan fingerprint density at radius 2 is 2.26 bits per heavy atom. The van der Waals surface area contributed by atoms with Gasteiger partial charge in [-0.05, 0) is 38.5 Å². The van der Waals surface area contributed by atoms with Gasteiger partial charge < -0.3 is 5.11 Å². The molecule has 1 unspecified atom stereocenters. The van der Waals surface area contributed by atoms with Crippen molar-refractivity contribution in [3.63, 3.8) is 0 Å². The molecule has 1 heterocycles. The molecular weight excluding hydrogens is 264 g/mol. The standard InChI is InChI=1S/C12H18N4O2S/c1-7-13-11(16-15-7)19-6-12(10(17)18,8-2-3-8)14-9-4-5-9/h8-9,14H,2-6H2,1H3,(H,17,18)(H,13,15,16). The molecule has 0 bridgehead atoms. The van der Waals surface area contributed by atoms with Gasteiger partial charge >= 0.3 is 5.97 Å². The van der Waals surface area contributed by atoms with Crippen LogP contribution in [0.15, 0.2) is 5.16 Å². The first-order valence-electron chi connectivity index (χ1n) is 6.63. The number of aromatic nitrogens is 3. The Bertz CT molecular complexity index is 484. The number of hydrogen-bond acceptors (Lipinski definition) is 5. The van der Waals surface area contributed by atoms with Crippen molar-refractivity contribution in [3.8, 4) is 0 Å². The van der Waals surface area contributed by atoms with E-state index < -0.39 is 11.5 Å². The number of carboxylic acids is 1. The number of carbonyl (C=O) groups is 1. The summed E-state index contributed by atoms with van der Waals surface area (Å²) in [6.07, 6.45) is 4.18. The Labute approximate surface area is 115 Å². The van der Waals surface area contributed by atoms with Crippen LogP contribution in [0.5, 0.6) is 0 Å². The maximum Gasteiger partial charge on any atom is 0.325 e. The Hall–Kier alpha value is -1.08. The molecule has 1 aromatic heterocycles. The molecule has 7 heteroatoms. The van der Waals surface area contributed by atoms with Gasteiger partial charge in [-0.1, -0.05) is 11.8 Å². The minimum Gasteiger partial charge on any atom is -0.480 e. The van der Waals surface area contributed by atoms with E-state index in [1.54, 1.807) is 0 Å². The minimum absolute atomic E-state index is 0.248. The third kappa shape index (κ3) is 2.76. The number of aromatic amines is 1. The fraction of sp³-hybridized carbons (Fsp3) is 0.750. The van der Waals surface area contributed by atoms with Crippen LogP contribution in [0, 0.1) is 12.8 Å². The second kappa shape index (κ2) is 4.79. The normalized spacial score (nSPS) is 22.2. The van der Waals surface area contributed by atoms with Gasteiger partial charge in [0.15, 0.2) is 0 Å². The molecule has 0 spiro atoms. The van der Waals surface area contributed by atoms with E-state index in [-0.39, 0.29) is 5.92 Å². The Morgan fingerprint density at radius 3 is 2.74 bits per heavy atom. The lowest BCUT2D eigenvalue weighted by molar-refractivity contribution is -0.145. The third-order valence-electron chi connectivity index (χ3n) is 3.70. The summed E-state index contributed by atoms with van der Waals surface area (Å²) >= 11 is 1.42. The summed E-state index contributed by atoms with van der Waals surface area (Å²) in [5.74, 6) is 0.755. The number of aliphatic carboxylic acids is 1. The highest BCUT2D eigenvalue weighted by atomic mass is 32.2. The maximum atomic E-state index is 11.8. The fourth-order valence-corrected chi connectivity index (χ4v) is 3.42. The van der Waals surface area contributed by atoms with Crippen LogP contribution in [0.1, 0.15) is 31.5 Å². The van der Waals surface area contributed by atoms with Gasteiger partial charge in [0.05, 0.1) is 0 Å². The highest BCUT2D eigenvalue weighted by Crippen LogP contribution is 2.44. The molecule has 2 aliphatic carbocycles. The number of H-pyrrole nitrogens is 1. The van der Waals surface area contributed by atoms with Gasteiger partial charge in [-0.25, -0.2) is 4.98 Å². The molecule has 2 saturated carbocycles. The zero-order valence-corrected chi connectivity index (χ0v) is 11.7. The van der Waals surface area contributed by atoms with E-state index in [0.29, 0.717) is 17.0 Å². The quantitative estimate of drug-likeness (QED) is 0.651. The van der Waals surface area contributed by atoms with E-state index in [4.69, 9.17) is 0 Å². The number of nitrogens with one attached hydrogen (secondary N) is 2. The first-order valence-corrected chi connectivity index (χ1v) is 7.61. The predicted octanol–water partition coefficient (Wildman–Crippen LogP) is 1.19. The molecule has 104 valence electrons. The van der Waals surface area contributed by atoms with Crippen LogP contribution in [-0.2, 0) is 4.79 Å². The lowest BCUT2D eigenvalue weighted by Gasteiger charge is -2.30. The van der Waals surface area contributed by atoms with Gasteiger partial charge in [0.25, 0.3) is 0 Å². The summed E-state index contributed by atoms with van der Waals surface area (Å²) in [5.41, 5.74) is -0.805. The van der Waals surface area contributed by atoms with Gasteiger partial charge in [-0.2, -0.15) is 0 Å². The molecule has 2 aliphatic rings. The SMILES string of the molecule is Cc1nc(SCC(NC2CC2)(C(=O)O)C2CC2)n[nH]1. The van der Waals surface area contributed by atoms with Crippen LogP contribution in [-0.4, -0.2) is 43.6 Å². The van der Waals surface area contributed by atoms with Gasteiger partial charge in [-0.3, -0.25) is 15.2 Å². The smallest absolute Gasteiger partial charge is 0.325 e. The average molecular weight is 282 g/mol. The average Bonchev–Trinajstić information content (AvgIpc) is 3.25. The maximum absolute atomic E-state index is 11.8. The van der Waals surface area contributed by atoms with Crippen LogP contribution < -0.4 is 5.32 Å². The number of thioether (sulfide) groups is 1. The monoisotopic (exact) mass is 282 g/mol. The number of hydrogen-bond donors (Lipinski definition) is 3. The zero-order chi connectivity index (χ0) is 13.5. The number of nitrogens with zero attached hydrogens (tertiary/aromatic N) is 2. The minimum atomic E-state index is -0.805. The molecule has 6 nitrogen and oxygen atoms in total. The highest BCUT2D eigenvalue weighted by molar-refractivity contribution is 7.99. The molecule has 1 aromatic rings. The predicted molar refractivity (Wildman–Crippen MR) is 71.1 cm³/mol. The van der Waals surface area contributed by atoms with Crippen LogP contribution in [0.2, 0.25) is 0 Å². The van der Waals surface area contributed by atoms with Crippen molar-refractivity contribution in [1.29, 1.82) is 0 Å². The second-order valence-corrected chi connectivity index (χ2v) is 6.40. The molecular formula is C12H18N4O2S. The van der Waals surface area contributed by atoms with E-state index in [1.165, 1.54) is 11.8 Å². The lowest BCUT2D eigenvalue weighted by Crippen LogP contribution is -2.57. The summed E-state index contributed by atoms with van der Waals surface area (Å²) in [6.45, 7) is 1.84. The van der Waals surface area contributed by atoms with Crippen molar-refractivity contribution in [2.75, 3.05) is 5.75 Å². The summed E-state index contributed by atoms with van der Waals surface area (Å²) in [4.78, 5) is 16.0. The van der Waals surface area contributed by atoms with Crippen molar-refractivity contribution in [2.45, 2.75) is 49.3 Å². The van der Waals surface area contributed by atoms with E-state index in [2.05, 4.69) is 20.5 Å². The summed E-state index contributed by atoms with van der Waals surface area (Å²) in [7, 11) is 0. The number of rotatable bonds is 7. The van der Waals surface area contributed by atoms with Crippen molar-refractivity contribution >= 4 is 17.7 Å². The van der Waals surface area contributed by atoms with Crippen LogP contribution in [0.4, 0.5) is 0 Å². The van der Waals surface area contributed by atoms with Crippen LogP contribution >= 0.6 is 11.8 Å². The molecule has 0 aliphatic heterocycles. The van der Waals surface area contributed by atoms with E-state index in [1.807, 2.05) is 6.92 Å². The van der Waals surface area contributed by atoms with Gasteiger partial charge in [0.1, 0.15) is 11.4 Å². The molecule has 0 aromatic carbocycles. The number of carboxylic acid groups (broad SMARTS) is 1. The lowest BCUT2D eigenvalue weighted by atomic mass is 9.95. The molecule has 0 saturated heterocycles. The largest absolute Gasteiger partial charge is 0.480 e.